The van der Waals surface area contributed by atoms with Gasteiger partial charge in [0.2, 0.25) is 0 Å². The van der Waals surface area contributed by atoms with Crippen molar-refractivity contribution in [3.8, 4) is 0 Å². The van der Waals surface area contributed by atoms with Crippen LogP contribution in [0, 0.1) is 10.5 Å². The molecule has 2 N–H and O–H groups in total. The predicted molar refractivity (Wildman–Crippen MR) is 48.0 cm³/mol. The van der Waals surface area contributed by atoms with Crippen molar-refractivity contribution < 1.29 is 0 Å². The van der Waals surface area contributed by atoms with Gasteiger partial charge in [0.15, 0.2) is 0 Å². The van der Waals surface area contributed by atoms with Crippen LogP contribution < -0.4 is 5.73 Å². The summed E-state index contributed by atoms with van der Waals surface area (Å²) < 4.78 is 1.05. The average Bonchev–Trinajstić information content (AvgIpc) is 1.83. The molecule has 9 heavy (non-hydrogen) atoms. The monoisotopic (exact) mass is 232 g/mol. The molecule has 1 aromatic carbocycles. The third kappa shape index (κ3) is 1.36. The fraction of sp³-hybridized carbons (Fsp3) is 0. The Labute approximate surface area is 68.4 Å². The van der Waals surface area contributed by atoms with Gasteiger partial charge in [0.1, 0.15) is 0 Å². The van der Waals surface area contributed by atoms with E-state index in [1.807, 2.05) is 18.2 Å². The van der Waals surface area contributed by atoms with Crippen LogP contribution in [0.5, 0.6) is 0 Å². The molecule has 0 aromatic heterocycles. The summed E-state index contributed by atoms with van der Waals surface area (Å²) in [5, 5.41) is 0. The number of anilines is 1. The van der Waals surface area contributed by atoms with Gasteiger partial charge >= 0.3 is 0 Å². The molecule has 0 fully saturated rings. The topological polar surface area (TPSA) is 26.0 Å². The van der Waals surface area contributed by atoms with Crippen LogP contribution in [0.2, 0.25) is 0 Å². The lowest BCUT2D eigenvalue weighted by atomic mass is 10.2. The van der Waals surface area contributed by atoms with Crippen molar-refractivity contribution >= 4 is 28.3 Å². The molecule has 0 aliphatic heterocycles. The number of hydrogen-bond acceptors (Lipinski definition) is 1. The fourth-order valence-electron chi connectivity index (χ4n) is 0.600. The second kappa shape index (κ2) is 2.56. The first kappa shape index (κ1) is 6.86. The SMILES string of the molecule is [CH2]c1cccc(N)c1I. The van der Waals surface area contributed by atoms with Gasteiger partial charge in [0, 0.05) is 9.26 Å². The summed E-state index contributed by atoms with van der Waals surface area (Å²) in [5.74, 6) is 0. The number of nitrogens with two attached hydrogens (primary N) is 1. The highest BCUT2D eigenvalue weighted by Crippen LogP contribution is 2.17. The van der Waals surface area contributed by atoms with Crippen LogP contribution in [-0.4, -0.2) is 0 Å². The van der Waals surface area contributed by atoms with E-state index < -0.39 is 0 Å². The van der Waals surface area contributed by atoms with Crippen LogP contribution in [0.4, 0.5) is 5.69 Å². The summed E-state index contributed by atoms with van der Waals surface area (Å²) in [6, 6.07) is 5.72. The van der Waals surface area contributed by atoms with E-state index >= 15 is 0 Å². The molecule has 0 saturated carbocycles. The summed E-state index contributed by atoms with van der Waals surface area (Å²) in [6.45, 7) is 3.79. The van der Waals surface area contributed by atoms with Gasteiger partial charge in [0.25, 0.3) is 0 Å². The summed E-state index contributed by atoms with van der Waals surface area (Å²) in [4.78, 5) is 0. The molecular weight excluding hydrogens is 225 g/mol. The van der Waals surface area contributed by atoms with Gasteiger partial charge in [-0.3, -0.25) is 0 Å². The van der Waals surface area contributed by atoms with Crippen molar-refractivity contribution in [1.29, 1.82) is 0 Å². The molecule has 0 atom stereocenters. The molecule has 0 bridgehead atoms. The molecule has 0 spiro atoms. The summed E-state index contributed by atoms with van der Waals surface area (Å²) >= 11 is 2.18. The van der Waals surface area contributed by atoms with Gasteiger partial charge in [0.05, 0.1) is 0 Å². The van der Waals surface area contributed by atoms with E-state index in [-0.39, 0.29) is 0 Å². The Balaban J connectivity index is 3.25. The van der Waals surface area contributed by atoms with Crippen LogP contribution in [0.3, 0.4) is 0 Å². The Kier molecular flexibility index (Phi) is 1.95. The van der Waals surface area contributed by atoms with Crippen molar-refractivity contribution in [1.82, 2.24) is 0 Å². The Hall–Kier alpha value is -0.250. The highest BCUT2D eigenvalue weighted by Gasteiger charge is 1.94. The molecule has 0 unspecified atom stereocenters. The number of nitrogen functional groups attached to an aromatic ring is 1. The number of hydrogen-bond donors (Lipinski definition) is 1. The maximum absolute atomic E-state index is 5.57. The summed E-state index contributed by atoms with van der Waals surface area (Å²) in [5.41, 5.74) is 7.38. The first-order valence-electron chi connectivity index (χ1n) is 2.58. The molecule has 1 radical (unpaired) electrons. The molecular formula is C7H7IN. The smallest absolute Gasteiger partial charge is 0.0452 e. The minimum absolute atomic E-state index is 0.808. The first-order chi connectivity index (χ1) is 4.22. The van der Waals surface area contributed by atoms with Crippen molar-refractivity contribution in [2.24, 2.45) is 0 Å². The Morgan fingerprint density at radius 2 is 2.11 bits per heavy atom. The zero-order chi connectivity index (χ0) is 6.85. The third-order valence-electron chi connectivity index (χ3n) is 1.11. The zero-order valence-corrected chi connectivity index (χ0v) is 7.05. The van der Waals surface area contributed by atoms with E-state index in [9.17, 15) is 0 Å². The minimum Gasteiger partial charge on any atom is -0.398 e. The van der Waals surface area contributed by atoms with Crippen LogP contribution >= 0.6 is 22.6 Å². The van der Waals surface area contributed by atoms with Gasteiger partial charge in [-0.1, -0.05) is 12.1 Å². The minimum atomic E-state index is 0.808. The quantitative estimate of drug-likeness (QED) is 0.537. The van der Waals surface area contributed by atoms with Crippen molar-refractivity contribution in [3.05, 3.63) is 34.3 Å². The van der Waals surface area contributed by atoms with Crippen LogP contribution in [0.25, 0.3) is 0 Å². The van der Waals surface area contributed by atoms with Gasteiger partial charge in [-0.25, -0.2) is 0 Å². The molecule has 0 saturated heterocycles. The number of rotatable bonds is 0. The molecule has 47 valence electrons. The zero-order valence-electron chi connectivity index (χ0n) is 4.89. The normalized spacial score (nSPS) is 9.56. The standard InChI is InChI=1S/C7H7IN/c1-5-3-2-4-6(9)7(5)8/h2-4H,1,9H2. The molecule has 0 amide bonds. The van der Waals surface area contributed by atoms with Gasteiger partial charge < -0.3 is 5.73 Å². The molecule has 0 aliphatic rings. The summed E-state index contributed by atoms with van der Waals surface area (Å²) in [7, 11) is 0. The van der Waals surface area contributed by atoms with Crippen LogP contribution in [0.1, 0.15) is 5.56 Å². The Bertz CT molecular complexity index is 200. The van der Waals surface area contributed by atoms with Gasteiger partial charge in [-0.05, 0) is 41.1 Å². The summed E-state index contributed by atoms with van der Waals surface area (Å²) in [6.07, 6.45) is 0. The van der Waals surface area contributed by atoms with Crippen LogP contribution in [0.15, 0.2) is 18.2 Å². The molecule has 1 rings (SSSR count). The predicted octanol–water partition coefficient (Wildman–Crippen LogP) is 2.06. The highest BCUT2D eigenvalue weighted by molar-refractivity contribution is 14.1. The van der Waals surface area contributed by atoms with Gasteiger partial charge in [-0.2, -0.15) is 0 Å². The molecule has 1 nitrogen and oxygen atoms in total. The maximum Gasteiger partial charge on any atom is 0.0452 e. The largest absolute Gasteiger partial charge is 0.398 e. The lowest BCUT2D eigenvalue weighted by Gasteiger charge is -1.98. The Morgan fingerprint density at radius 3 is 2.56 bits per heavy atom. The van der Waals surface area contributed by atoms with E-state index in [2.05, 4.69) is 29.5 Å². The van der Waals surface area contributed by atoms with E-state index in [1.165, 1.54) is 0 Å². The number of benzene rings is 1. The molecule has 2 heteroatoms. The van der Waals surface area contributed by atoms with E-state index in [4.69, 9.17) is 5.73 Å². The van der Waals surface area contributed by atoms with Crippen molar-refractivity contribution in [2.75, 3.05) is 5.73 Å². The van der Waals surface area contributed by atoms with Gasteiger partial charge in [-0.15, -0.1) is 0 Å². The molecule has 1 aromatic rings. The van der Waals surface area contributed by atoms with E-state index in [0.29, 0.717) is 0 Å². The maximum atomic E-state index is 5.57. The first-order valence-corrected chi connectivity index (χ1v) is 3.65. The lowest BCUT2D eigenvalue weighted by Crippen LogP contribution is -1.89. The highest BCUT2D eigenvalue weighted by atomic mass is 127. The van der Waals surface area contributed by atoms with E-state index in [1.54, 1.807) is 0 Å². The average molecular weight is 232 g/mol. The van der Waals surface area contributed by atoms with Crippen molar-refractivity contribution in [2.45, 2.75) is 0 Å². The molecule has 0 heterocycles. The van der Waals surface area contributed by atoms with Crippen LogP contribution in [-0.2, 0) is 0 Å². The molecule has 0 aliphatic carbocycles. The second-order valence-electron chi connectivity index (χ2n) is 1.82. The lowest BCUT2D eigenvalue weighted by molar-refractivity contribution is 1.55. The second-order valence-corrected chi connectivity index (χ2v) is 2.90. The fourth-order valence-corrected chi connectivity index (χ4v) is 0.959. The number of halogens is 1. The third-order valence-corrected chi connectivity index (χ3v) is 2.42. The van der Waals surface area contributed by atoms with Crippen molar-refractivity contribution in [3.63, 3.8) is 0 Å². The Morgan fingerprint density at radius 1 is 1.44 bits per heavy atom. The van der Waals surface area contributed by atoms with E-state index in [0.717, 1.165) is 14.8 Å².